The fourth-order valence-corrected chi connectivity index (χ4v) is 4.08. The molecule has 31 heavy (non-hydrogen) atoms. The molecule has 0 fully saturated rings. The zero-order valence-corrected chi connectivity index (χ0v) is 18.7. The maximum absolute atomic E-state index is 12.2. The first-order valence-electron chi connectivity index (χ1n) is 9.36. The standard InChI is InChI=1S/C21H17Cl2N5O2S/c1-12-16(23)3-2-4-17(12)25-20(30)19(29)24-10-9-15-11-31-21-26-18(27-28(15)21)13-5-7-14(22)8-6-13/h2-8,11H,9-10H2,1H3,(H,24,29)(H,25,30). The summed E-state index contributed by atoms with van der Waals surface area (Å²) in [6.45, 7) is 2.05. The number of rotatable bonds is 5. The van der Waals surface area contributed by atoms with Crippen LogP contribution in [0.25, 0.3) is 16.3 Å². The number of carbonyl (C=O) groups is 2. The number of anilines is 1. The Morgan fingerprint density at radius 3 is 2.65 bits per heavy atom. The highest BCUT2D eigenvalue weighted by molar-refractivity contribution is 7.15. The minimum atomic E-state index is -0.744. The molecule has 4 aromatic rings. The molecule has 0 unspecified atom stereocenters. The van der Waals surface area contributed by atoms with Gasteiger partial charge in [0.05, 0.1) is 5.69 Å². The molecule has 0 atom stereocenters. The number of carbonyl (C=O) groups excluding carboxylic acids is 2. The summed E-state index contributed by atoms with van der Waals surface area (Å²) in [7, 11) is 0. The molecule has 2 amide bonds. The van der Waals surface area contributed by atoms with Crippen molar-refractivity contribution in [3.63, 3.8) is 0 Å². The van der Waals surface area contributed by atoms with Gasteiger partial charge < -0.3 is 10.6 Å². The maximum atomic E-state index is 12.2. The van der Waals surface area contributed by atoms with Crippen molar-refractivity contribution in [1.29, 1.82) is 0 Å². The molecule has 0 saturated carbocycles. The molecule has 2 N–H and O–H groups in total. The number of nitrogens with zero attached hydrogens (tertiary/aromatic N) is 3. The van der Waals surface area contributed by atoms with E-state index < -0.39 is 11.8 Å². The summed E-state index contributed by atoms with van der Waals surface area (Å²) in [5.74, 6) is -0.858. The predicted molar refractivity (Wildman–Crippen MR) is 123 cm³/mol. The van der Waals surface area contributed by atoms with E-state index in [2.05, 4.69) is 20.7 Å². The van der Waals surface area contributed by atoms with Gasteiger partial charge in [0.2, 0.25) is 4.96 Å². The van der Waals surface area contributed by atoms with Crippen LogP contribution in [0.1, 0.15) is 11.3 Å². The molecular formula is C21H17Cl2N5O2S. The maximum Gasteiger partial charge on any atom is 0.313 e. The molecule has 0 radical (unpaired) electrons. The van der Waals surface area contributed by atoms with E-state index in [0.717, 1.165) is 16.2 Å². The molecule has 0 aliphatic carbocycles. The average molecular weight is 474 g/mol. The number of hydrogen-bond donors (Lipinski definition) is 2. The van der Waals surface area contributed by atoms with Crippen molar-refractivity contribution in [1.82, 2.24) is 19.9 Å². The van der Waals surface area contributed by atoms with E-state index in [9.17, 15) is 9.59 Å². The largest absolute Gasteiger partial charge is 0.347 e. The second-order valence-corrected chi connectivity index (χ2v) is 8.42. The molecule has 2 aromatic heterocycles. The van der Waals surface area contributed by atoms with Gasteiger partial charge in [-0.25, -0.2) is 4.52 Å². The topological polar surface area (TPSA) is 88.4 Å². The fraction of sp³-hybridized carbons (Fsp3) is 0.143. The van der Waals surface area contributed by atoms with Crippen LogP contribution in [0.2, 0.25) is 10.0 Å². The van der Waals surface area contributed by atoms with Crippen molar-refractivity contribution >= 4 is 57.0 Å². The van der Waals surface area contributed by atoms with Gasteiger partial charge in [0.1, 0.15) is 0 Å². The number of amides is 2. The van der Waals surface area contributed by atoms with Crippen LogP contribution >= 0.6 is 34.5 Å². The predicted octanol–water partition coefficient (Wildman–Crippen LogP) is 4.37. The highest BCUT2D eigenvalue weighted by Gasteiger charge is 2.16. The molecule has 0 spiro atoms. The minimum absolute atomic E-state index is 0.281. The van der Waals surface area contributed by atoms with Crippen LogP contribution < -0.4 is 10.6 Å². The summed E-state index contributed by atoms with van der Waals surface area (Å²) < 4.78 is 1.75. The first-order chi connectivity index (χ1) is 14.9. The van der Waals surface area contributed by atoms with E-state index in [4.69, 9.17) is 23.2 Å². The number of aromatic nitrogens is 3. The third-order valence-corrected chi connectivity index (χ3v) is 6.17. The summed E-state index contributed by atoms with van der Waals surface area (Å²) in [6.07, 6.45) is 0.499. The SMILES string of the molecule is Cc1c(Cl)cccc1NC(=O)C(=O)NCCc1csc2nc(-c3ccc(Cl)cc3)nn12. The van der Waals surface area contributed by atoms with Crippen LogP contribution in [0, 0.1) is 6.92 Å². The average Bonchev–Trinajstić information content (AvgIpc) is 3.33. The van der Waals surface area contributed by atoms with Crippen molar-refractivity contribution in [3.8, 4) is 11.4 Å². The van der Waals surface area contributed by atoms with Gasteiger partial charge in [0.15, 0.2) is 5.82 Å². The highest BCUT2D eigenvalue weighted by Crippen LogP contribution is 2.23. The lowest BCUT2D eigenvalue weighted by atomic mass is 10.2. The molecular weight excluding hydrogens is 457 g/mol. The van der Waals surface area contributed by atoms with Gasteiger partial charge >= 0.3 is 11.8 Å². The molecule has 0 bridgehead atoms. The Hall–Kier alpha value is -2.94. The fourth-order valence-electron chi connectivity index (χ4n) is 2.92. The Balaban J connectivity index is 1.37. The lowest BCUT2D eigenvalue weighted by molar-refractivity contribution is -0.136. The van der Waals surface area contributed by atoms with Gasteiger partial charge in [-0.05, 0) is 48.9 Å². The third kappa shape index (κ3) is 4.71. The number of fused-ring (bicyclic) bond motifs is 1. The number of halogens is 2. The van der Waals surface area contributed by atoms with Crippen molar-refractivity contribution in [2.75, 3.05) is 11.9 Å². The van der Waals surface area contributed by atoms with Crippen LogP contribution in [0.3, 0.4) is 0 Å². The van der Waals surface area contributed by atoms with Gasteiger partial charge in [-0.2, -0.15) is 4.98 Å². The lowest BCUT2D eigenvalue weighted by Crippen LogP contribution is -2.36. The normalized spacial score (nSPS) is 10.9. The highest BCUT2D eigenvalue weighted by atomic mass is 35.5. The first kappa shape index (κ1) is 21.3. The third-order valence-electron chi connectivity index (χ3n) is 4.64. The van der Waals surface area contributed by atoms with Crippen LogP contribution in [0.4, 0.5) is 5.69 Å². The molecule has 0 aliphatic heterocycles. The quantitative estimate of drug-likeness (QED) is 0.421. The Bertz CT molecular complexity index is 1270. The Morgan fingerprint density at radius 1 is 1.10 bits per heavy atom. The summed E-state index contributed by atoms with van der Waals surface area (Å²) in [5, 5.41) is 12.9. The summed E-state index contributed by atoms with van der Waals surface area (Å²) >= 11 is 13.4. The minimum Gasteiger partial charge on any atom is -0.347 e. The van der Waals surface area contributed by atoms with Crippen LogP contribution in [-0.4, -0.2) is 33.0 Å². The van der Waals surface area contributed by atoms with E-state index in [1.165, 1.54) is 11.3 Å². The van der Waals surface area contributed by atoms with Crippen LogP contribution in [0.5, 0.6) is 0 Å². The summed E-state index contributed by atoms with van der Waals surface area (Å²) in [5.41, 5.74) is 2.96. The van der Waals surface area contributed by atoms with Crippen molar-refractivity contribution in [2.24, 2.45) is 0 Å². The van der Waals surface area contributed by atoms with Crippen molar-refractivity contribution in [3.05, 3.63) is 69.1 Å². The van der Waals surface area contributed by atoms with Gasteiger partial charge in [-0.1, -0.05) is 29.3 Å². The molecule has 0 aliphatic rings. The number of hydrogen-bond acceptors (Lipinski definition) is 5. The molecule has 10 heteroatoms. The number of benzene rings is 2. The monoisotopic (exact) mass is 473 g/mol. The molecule has 7 nitrogen and oxygen atoms in total. The zero-order chi connectivity index (χ0) is 22.0. The van der Waals surface area contributed by atoms with Gasteiger partial charge in [0.25, 0.3) is 0 Å². The van der Waals surface area contributed by atoms with Gasteiger partial charge in [0, 0.05) is 39.6 Å². The van der Waals surface area contributed by atoms with Crippen molar-refractivity contribution < 1.29 is 9.59 Å². The Morgan fingerprint density at radius 2 is 1.87 bits per heavy atom. The van der Waals surface area contributed by atoms with Crippen LogP contribution in [0.15, 0.2) is 47.8 Å². The van der Waals surface area contributed by atoms with E-state index in [1.807, 2.05) is 17.5 Å². The van der Waals surface area contributed by atoms with Crippen LogP contribution in [-0.2, 0) is 16.0 Å². The lowest BCUT2D eigenvalue weighted by Gasteiger charge is -2.09. The Labute approximate surface area is 192 Å². The summed E-state index contributed by atoms with van der Waals surface area (Å²) in [4.78, 5) is 29.6. The molecule has 0 saturated heterocycles. The zero-order valence-electron chi connectivity index (χ0n) is 16.4. The Kier molecular flexibility index (Phi) is 6.22. The molecule has 158 valence electrons. The molecule has 4 rings (SSSR count). The van der Waals surface area contributed by atoms with E-state index in [-0.39, 0.29) is 6.54 Å². The molecule has 2 aromatic carbocycles. The molecule has 2 heterocycles. The van der Waals surface area contributed by atoms with Gasteiger partial charge in [-0.3, -0.25) is 9.59 Å². The number of thiazole rings is 1. The summed E-state index contributed by atoms with van der Waals surface area (Å²) in [6, 6.07) is 12.4. The van der Waals surface area contributed by atoms with E-state index in [0.29, 0.717) is 33.5 Å². The second kappa shape index (κ2) is 9.05. The van der Waals surface area contributed by atoms with E-state index in [1.54, 1.807) is 41.8 Å². The van der Waals surface area contributed by atoms with Crippen molar-refractivity contribution in [2.45, 2.75) is 13.3 Å². The smallest absolute Gasteiger partial charge is 0.313 e. The van der Waals surface area contributed by atoms with E-state index >= 15 is 0 Å². The first-order valence-corrected chi connectivity index (χ1v) is 11.0. The second-order valence-electron chi connectivity index (χ2n) is 6.74. The van der Waals surface area contributed by atoms with Gasteiger partial charge in [-0.15, -0.1) is 16.4 Å². The number of nitrogens with one attached hydrogen (secondary N) is 2.